The quantitative estimate of drug-likeness (QED) is 0.609. The largest absolute Gasteiger partial charge is 0.493 e. The third kappa shape index (κ3) is 3.43. The van der Waals surface area contributed by atoms with E-state index in [4.69, 9.17) is 32.7 Å². The lowest BCUT2D eigenvalue weighted by Gasteiger charge is -2.10. The smallest absolute Gasteiger partial charge is 0.331 e. The molecule has 0 N–H and O–H groups in total. The second kappa shape index (κ2) is 6.31. The van der Waals surface area contributed by atoms with Gasteiger partial charge in [-0.2, -0.15) is 0 Å². The molecule has 0 aliphatic carbocycles. The maximum atomic E-state index is 11.6. The van der Waals surface area contributed by atoms with Crippen LogP contribution in [0.5, 0.6) is 5.75 Å². The van der Waals surface area contributed by atoms with Gasteiger partial charge in [-0.1, -0.05) is 23.2 Å². The van der Waals surface area contributed by atoms with Gasteiger partial charge in [-0.05, 0) is 31.4 Å². The molecule has 0 saturated carbocycles. The minimum atomic E-state index is -0.351. The van der Waals surface area contributed by atoms with Crippen LogP contribution >= 0.6 is 23.2 Å². The van der Waals surface area contributed by atoms with Crippen LogP contribution in [-0.4, -0.2) is 19.2 Å². The van der Waals surface area contributed by atoms with E-state index in [0.717, 1.165) is 24.0 Å². The predicted octanol–water partition coefficient (Wildman–Crippen LogP) is 4.11. The van der Waals surface area contributed by atoms with E-state index >= 15 is 0 Å². The first kappa shape index (κ1) is 14.2. The van der Waals surface area contributed by atoms with Gasteiger partial charge >= 0.3 is 5.97 Å². The molecule has 0 bridgehead atoms. The van der Waals surface area contributed by atoms with Crippen molar-refractivity contribution in [1.82, 2.24) is 0 Å². The second-order valence-electron chi connectivity index (χ2n) is 4.14. The van der Waals surface area contributed by atoms with Gasteiger partial charge < -0.3 is 9.47 Å². The number of carbonyl (C=O) groups is 1. The normalized spacial score (nSPS) is 16.5. The molecule has 0 spiro atoms. The SMILES string of the molecule is CCOC(=O)C=C1CCCOc2cc(Cl)c(Cl)cc21. The molecule has 1 aromatic rings. The van der Waals surface area contributed by atoms with Gasteiger partial charge in [0.2, 0.25) is 0 Å². The number of ether oxygens (including phenoxy) is 2. The molecule has 19 heavy (non-hydrogen) atoms. The van der Waals surface area contributed by atoms with Crippen molar-refractivity contribution in [2.75, 3.05) is 13.2 Å². The first-order chi connectivity index (χ1) is 9.11. The molecular weight excluding hydrogens is 287 g/mol. The summed E-state index contributed by atoms with van der Waals surface area (Å²) >= 11 is 12.0. The maximum Gasteiger partial charge on any atom is 0.331 e. The first-order valence-corrected chi connectivity index (χ1v) is 6.87. The number of hydrogen-bond donors (Lipinski definition) is 0. The number of esters is 1. The number of fused-ring (bicyclic) bond motifs is 1. The van der Waals surface area contributed by atoms with E-state index in [2.05, 4.69) is 0 Å². The van der Waals surface area contributed by atoms with Crippen LogP contribution in [0.15, 0.2) is 18.2 Å². The Bertz CT molecular complexity index is 524. The van der Waals surface area contributed by atoms with Crippen LogP contribution in [-0.2, 0) is 9.53 Å². The Balaban J connectivity index is 2.42. The van der Waals surface area contributed by atoms with Crippen LogP contribution in [0.2, 0.25) is 10.0 Å². The van der Waals surface area contributed by atoms with E-state index in [1.165, 1.54) is 6.08 Å². The van der Waals surface area contributed by atoms with Crippen molar-refractivity contribution in [3.05, 3.63) is 33.8 Å². The van der Waals surface area contributed by atoms with Gasteiger partial charge in [-0.25, -0.2) is 4.79 Å². The second-order valence-corrected chi connectivity index (χ2v) is 4.95. The Hall–Kier alpha value is -1.19. The summed E-state index contributed by atoms with van der Waals surface area (Å²) in [7, 11) is 0. The third-order valence-corrected chi connectivity index (χ3v) is 3.52. The fraction of sp³-hybridized carbons (Fsp3) is 0.357. The average Bonchev–Trinajstić information content (AvgIpc) is 2.54. The fourth-order valence-corrected chi connectivity index (χ4v) is 2.27. The molecule has 0 radical (unpaired) electrons. The van der Waals surface area contributed by atoms with Crippen LogP contribution in [0.4, 0.5) is 0 Å². The zero-order valence-corrected chi connectivity index (χ0v) is 12.1. The Morgan fingerprint density at radius 3 is 2.89 bits per heavy atom. The zero-order valence-electron chi connectivity index (χ0n) is 10.5. The molecular formula is C14H14Cl2O3. The summed E-state index contributed by atoms with van der Waals surface area (Å²) in [6.07, 6.45) is 3.07. The van der Waals surface area contributed by atoms with Crippen molar-refractivity contribution >= 4 is 34.7 Å². The lowest BCUT2D eigenvalue weighted by molar-refractivity contribution is -0.137. The molecule has 1 aromatic carbocycles. The molecule has 2 rings (SSSR count). The van der Waals surface area contributed by atoms with Crippen molar-refractivity contribution in [2.24, 2.45) is 0 Å². The van der Waals surface area contributed by atoms with Crippen molar-refractivity contribution in [2.45, 2.75) is 19.8 Å². The summed E-state index contributed by atoms with van der Waals surface area (Å²) in [6.45, 7) is 2.72. The molecule has 0 saturated heterocycles. The van der Waals surface area contributed by atoms with Gasteiger partial charge in [0.05, 0.1) is 23.3 Å². The van der Waals surface area contributed by atoms with Crippen molar-refractivity contribution in [3.8, 4) is 5.75 Å². The van der Waals surface area contributed by atoms with Crippen molar-refractivity contribution in [1.29, 1.82) is 0 Å². The highest BCUT2D eigenvalue weighted by Crippen LogP contribution is 2.38. The summed E-state index contributed by atoms with van der Waals surface area (Å²) in [5.74, 6) is 0.305. The molecule has 1 aliphatic rings. The number of carbonyl (C=O) groups excluding carboxylic acids is 1. The summed E-state index contributed by atoms with van der Waals surface area (Å²) < 4.78 is 10.6. The number of halogens is 2. The molecule has 0 aromatic heterocycles. The topological polar surface area (TPSA) is 35.5 Å². The Morgan fingerprint density at radius 1 is 1.42 bits per heavy atom. The number of benzene rings is 1. The van der Waals surface area contributed by atoms with Gasteiger partial charge in [-0.15, -0.1) is 0 Å². The third-order valence-electron chi connectivity index (χ3n) is 2.80. The van der Waals surface area contributed by atoms with E-state index in [1.54, 1.807) is 19.1 Å². The Kier molecular flexibility index (Phi) is 4.72. The summed E-state index contributed by atoms with van der Waals surface area (Å²) in [6, 6.07) is 3.42. The van der Waals surface area contributed by atoms with Gasteiger partial charge in [0.15, 0.2) is 0 Å². The van der Waals surface area contributed by atoms with Crippen LogP contribution in [0, 0.1) is 0 Å². The number of hydrogen-bond acceptors (Lipinski definition) is 3. The van der Waals surface area contributed by atoms with Crippen LogP contribution in [0.1, 0.15) is 25.3 Å². The molecule has 0 fully saturated rings. The van der Waals surface area contributed by atoms with Crippen LogP contribution < -0.4 is 4.74 Å². The monoisotopic (exact) mass is 300 g/mol. The molecule has 5 heteroatoms. The highest BCUT2D eigenvalue weighted by atomic mass is 35.5. The van der Waals surface area contributed by atoms with Crippen LogP contribution in [0.25, 0.3) is 5.57 Å². The molecule has 1 heterocycles. The Morgan fingerprint density at radius 2 is 2.16 bits per heavy atom. The lowest BCUT2D eigenvalue weighted by atomic mass is 10.0. The molecule has 0 unspecified atom stereocenters. The van der Waals surface area contributed by atoms with Crippen molar-refractivity contribution in [3.63, 3.8) is 0 Å². The minimum Gasteiger partial charge on any atom is -0.493 e. The van der Waals surface area contributed by atoms with E-state index < -0.39 is 0 Å². The standard InChI is InChI=1S/C14H14Cl2O3/c1-2-18-14(17)6-9-4-3-5-19-13-8-12(16)11(15)7-10(9)13/h6-8H,2-5H2,1H3. The Labute approximate surface area is 122 Å². The first-order valence-electron chi connectivity index (χ1n) is 6.11. The van der Waals surface area contributed by atoms with Crippen molar-refractivity contribution < 1.29 is 14.3 Å². The minimum absolute atomic E-state index is 0.351. The number of rotatable bonds is 2. The van der Waals surface area contributed by atoms with E-state index in [9.17, 15) is 4.79 Å². The van der Waals surface area contributed by atoms with Gasteiger partial charge in [0.25, 0.3) is 0 Å². The van der Waals surface area contributed by atoms with Gasteiger partial charge in [0, 0.05) is 17.7 Å². The summed E-state index contributed by atoms with van der Waals surface area (Å²) in [5, 5.41) is 0.887. The van der Waals surface area contributed by atoms with E-state index in [1.807, 2.05) is 0 Å². The molecule has 1 aliphatic heterocycles. The van der Waals surface area contributed by atoms with Gasteiger partial charge in [0.1, 0.15) is 5.75 Å². The summed E-state index contributed by atoms with van der Waals surface area (Å²) in [4.78, 5) is 11.6. The molecule has 102 valence electrons. The summed E-state index contributed by atoms with van der Waals surface area (Å²) in [5.41, 5.74) is 1.67. The maximum absolute atomic E-state index is 11.6. The zero-order chi connectivity index (χ0) is 13.8. The van der Waals surface area contributed by atoms with Gasteiger partial charge in [-0.3, -0.25) is 0 Å². The highest BCUT2D eigenvalue weighted by Gasteiger charge is 2.17. The lowest BCUT2D eigenvalue weighted by Crippen LogP contribution is -2.01. The van der Waals surface area contributed by atoms with Crippen LogP contribution in [0.3, 0.4) is 0 Å². The number of allylic oxidation sites excluding steroid dienone is 1. The average molecular weight is 301 g/mol. The highest BCUT2D eigenvalue weighted by molar-refractivity contribution is 6.42. The van der Waals surface area contributed by atoms with E-state index in [0.29, 0.717) is 29.0 Å². The fourth-order valence-electron chi connectivity index (χ4n) is 1.95. The molecule has 3 nitrogen and oxygen atoms in total. The van der Waals surface area contributed by atoms with E-state index in [-0.39, 0.29) is 5.97 Å². The predicted molar refractivity (Wildman–Crippen MR) is 75.8 cm³/mol. The molecule has 0 amide bonds. The molecule has 0 atom stereocenters.